The molecule has 1 heterocycles. The van der Waals surface area contributed by atoms with Gasteiger partial charge in [-0.25, -0.2) is 4.79 Å². The fourth-order valence-corrected chi connectivity index (χ4v) is 5.06. The van der Waals surface area contributed by atoms with Gasteiger partial charge in [-0.15, -0.1) is 0 Å². The quantitative estimate of drug-likeness (QED) is 0.354. The summed E-state index contributed by atoms with van der Waals surface area (Å²) in [7, 11) is 1.29. The molecule has 1 aliphatic heterocycles. The Morgan fingerprint density at radius 1 is 1.00 bits per heavy atom. The van der Waals surface area contributed by atoms with Crippen molar-refractivity contribution in [3.63, 3.8) is 0 Å². The van der Waals surface area contributed by atoms with E-state index in [4.69, 9.17) is 14.2 Å². The van der Waals surface area contributed by atoms with Crippen molar-refractivity contribution in [2.75, 3.05) is 20.3 Å². The van der Waals surface area contributed by atoms with Crippen LogP contribution in [0.15, 0.2) is 77.1 Å². The summed E-state index contributed by atoms with van der Waals surface area (Å²) in [6.45, 7) is 5.86. The first-order chi connectivity index (χ1) is 17.3. The molecule has 2 aromatic rings. The highest BCUT2D eigenvalue weighted by atomic mass is 16.6. The molecular weight excluding hydrogens is 458 g/mol. The second-order valence-corrected chi connectivity index (χ2v) is 9.19. The maximum absolute atomic E-state index is 13.8. The van der Waals surface area contributed by atoms with Crippen LogP contribution >= 0.6 is 0 Å². The molecule has 36 heavy (non-hydrogen) atoms. The van der Waals surface area contributed by atoms with Crippen LogP contribution in [0.5, 0.6) is 5.75 Å². The van der Waals surface area contributed by atoms with Crippen LogP contribution in [0.2, 0.25) is 0 Å². The molecule has 0 bridgehead atoms. The van der Waals surface area contributed by atoms with Crippen molar-refractivity contribution in [1.82, 2.24) is 5.32 Å². The van der Waals surface area contributed by atoms with Gasteiger partial charge in [0.05, 0.1) is 12.7 Å². The number of esters is 2. The Morgan fingerprint density at radius 2 is 1.69 bits per heavy atom. The number of rotatable bonds is 7. The predicted octanol–water partition coefficient (Wildman–Crippen LogP) is 4.23. The van der Waals surface area contributed by atoms with Crippen LogP contribution < -0.4 is 10.1 Å². The minimum absolute atomic E-state index is 0.0483. The highest BCUT2D eigenvalue weighted by Crippen LogP contribution is 2.46. The summed E-state index contributed by atoms with van der Waals surface area (Å²) in [6, 6.07) is 16.9. The van der Waals surface area contributed by atoms with E-state index in [-0.39, 0.29) is 24.9 Å². The number of carbonyl (C=O) groups is 3. The molecule has 1 N–H and O–H groups in total. The van der Waals surface area contributed by atoms with Crippen molar-refractivity contribution in [2.45, 2.75) is 33.1 Å². The van der Waals surface area contributed by atoms with Gasteiger partial charge >= 0.3 is 11.9 Å². The average Bonchev–Trinajstić information content (AvgIpc) is 2.86. The number of hydrogen-bond donors (Lipinski definition) is 1. The van der Waals surface area contributed by atoms with Crippen molar-refractivity contribution in [1.29, 1.82) is 0 Å². The molecule has 3 atom stereocenters. The van der Waals surface area contributed by atoms with E-state index in [1.807, 2.05) is 75.4 Å². The standard InChI is InChI=1S/C29H31NO6/c1-17-10-8-9-13-21(17)25-24(29(33)36-15-14-35-20-11-6-5-7-12-20)19(3)30-22-16-18(2)23(28(32)34-4)27(31)26(22)25/h5-13,18,23,25,30H,14-16H2,1-4H3. The number of dihydropyridines is 1. The Hall–Kier alpha value is -3.87. The second kappa shape index (κ2) is 10.8. The highest BCUT2D eigenvalue weighted by Gasteiger charge is 2.47. The van der Waals surface area contributed by atoms with Crippen molar-refractivity contribution < 1.29 is 28.6 Å². The summed E-state index contributed by atoms with van der Waals surface area (Å²) in [4.78, 5) is 39.7. The Kier molecular flexibility index (Phi) is 7.58. The van der Waals surface area contributed by atoms with E-state index in [1.165, 1.54) is 7.11 Å². The number of methoxy groups -OCH3 is 1. The number of ether oxygens (including phenoxy) is 3. The number of carbonyl (C=O) groups excluding carboxylic acids is 3. The van der Waals surface area contributed by atoms with Gasteiger partial charge in [-0.2, -0.15) is 0 Å². The van der Waals surface area contributed by atoms with Crippen molar-refractivity contribution in [3.05, 3.63) is 88.3 Å². The number of aryl methyl sites for hydroxylation is 1. The number of para-hydroxylation sites is 1. The fraction of sp³-hybridized carbons (Fsp3) is 0.345. The zero-order valence-corrected chi connectivity index (χ0v) is 21.0. The minimum atomic E-state index is -0.919. The average molecular weight is 490 g/mol. The van der Waals surface area contributed by atoms with Gasteiger partial charge in [0.1, 0.15) is 24.9 Å². The Balaban J connectivity index is 1.65. The van der Waals surface area contributed by atoms with Crippen LogP contribution in [0.4, 0.5) is 0 Å². The first kappa shape index (κ1) is 25.2. The molecular formula is C29H31NO6. The lowest BCUT2D eigenvalue weighted by Gasteiger charge is -2.38. The number of allylic oxidation sites excluding steroid dienone is 3. The molecule has 4 rings (SSSR count). The number of benzene rings is 2. The maximum Gasteiger partial charge on any atom is 0.336 e. The zero-order valence-electron chi connectivity index (χ0n) is 21.0. The van der Waals surface area contributed by atoms with E-state index in [0.29, 0.717) is 29.0 Å². The lowest BCUT2D eigenvalue weighted by molar-refractivity contribution is -0.151. The van der Waals surface area contributed by atoms with Crippen molar-refractivity contribution in [2.24, 2.45) is 11.8 Å². The number of ketones is 1. The van der Waals surface area contributed by atoms with Crippen LogP contribution in [0.25, 0.3) is 0 Å². The molecule has 0 radical (unpaired) electrons. The van der Waals surface area contributed by atoms with E-state index in [1.54, 1.807) is 0 Å². The first-order valence-corrected chi connectivity index (χ1v) is 12.1. The molecule has 1 aliphatic carbocycles. The predicted molar refractivity (Wildman–Crippen MR) is 134 cm³/mol. The van der Waals surface area contributed by atoms with E-state index < -0.39 is 23.8 Å². The largest absolute Gasteiger partial charge is 0.490 e. The van der Waals surface area contributed by atoms with Crippen LogP contribution in [-0.4, -0.2) is 38.0 Å². The van der Waals surface area contributed by atoms with E-state index in [9.17, 15) is 14.4 Å². The van der Waals surface area contributed by atoms with Gasteiger partial charge in [0.25, 0.3) is 0 Å². The van der Waals surface area contributed by atoms with Gasteiger partial charge < -0.3 is 19.5 Å². The molecule has 2 aromatic carbocycles. The third kappa shape index (κ3) is 4.91. The SMILES string of the molecule is COC(=O)C1C(=O)C2=C(CC1C)NC(C)=C(C(=O)OCCOc1ccccc1)C2c1ccccc1C. The normalized spacial score (nSPS) is 21.4. The highest BCUT2D eigenvalue weighted by molar-refractivity contribution is 6.12. The molecule has 2 aliphatic rings. The maximum atomic E-state index is 13.8. The van der Waals surface area contributed by atoms with Crippen LogP contribution in [0.3, 0.4) is 0 Å². The van der Waals surface area contributed by atoms with Gasteiger partial charge in [-0.1, -0.05) is 49.4 Å². The summed E-state index contributed by atoms with van der Waals surface area (Å²) in [5, 5.41) is 3.28. The van der Waals surface area contributed by atoms with E-state index >= 15 is 0 Å². The van der Waals surface area contributed by atoms with E-state index in [2.05, 4.69) is 5.32 Å². The van der Waals surface area contributed by atoms with Crippen LogP contribution in [-0.2, 0) is 23.9 Å². The molecule has 0 saturated heterocycles. The third-order valence-corrected chi connectivity index (χ3v) is 6.79. The molecule has 0 spiro atoms. The zero-order chi connectivity index (χ0) is 25.8. The Bertz CT molecular complexity index is 1230. The lowest BCUT2D eigenvalue weighted by Crippen LogP contribution is -2.43. The van der Waals surface area contributed by atoms with Crippen molar-refractivity contribution in [3.8, 4) is 5.75 Å². The monoisotopic (exact) mass is 489 g/mol. The molecule has 3 unspecified atom stereocenters. The summed E-state index contributed by atoms with van der Waals surface area (Å²) in [5.74, 6) is -2.53. The fourth-order valence-electron chi connectivity index (χ4n) is 5.06. The molecule has 0 saturated carbocycles. The molecule has 0 fully saturated rings. The van der Waals surface area contributed by atoms with Crippen LogP contribution in [0, 0.1) is 18.8 Å². The van der Waals surface area contributed by atoms with Gasteiger partial charge in [0, 0.05) is 22.9 Å². The van der Waals surface area contributed by atoms with Gasteiger partial charge in [0.15, 0.2) is 5.78 Å². The second-order valence-electron chi connectivity index (χ2n) is 9.19. The number of Topliss-reactive ketones (excluding diaryl/α,β-unsaturated/α-hetero) is 1. The number of hydrogen-bond acceptors (Lipinski definition) is 7. The topological polar surface area (TPSA) is 90.9 Å². The smallest absolute Gasteiger partial charge is 0.336 e. The first-order valence-electron chi connectivity index (χ1n) is 12.1. The van der Waals surface area contributed by atoms with E-state index in [0.717, 1.165) is 16.8 Å². The molecule has 0 aromatic heterocycles. The molecule has 7 nitrogen and oxygen atoms in total. The molecule has 0 amide bonds. The number of nitrogens with one attached hydrogen (secondary N) is 1. The van der Waals surface area contributed by atoms with Crippen molar-refractivity contribution >= 4 is 17.7 Å². The summed E-state index contributed by atoms with van der Waals surface area (Å²) in [6.07, 6.45) is 0.494. The Morgan fingerprint density at radius 3 is 2.39 bits per heavy atom. The third-order valence-electron chi connectivity index (χ3n) is 6.79. The van der Waals surface area contributed by atoms with Crippen LogP contribution in [0.1, 0.15) is 37.3 Å². The minimum Gasteiger partial charge on any atom is -0.490 e. The summed E-state index contributed by atoms with van der Waals surface area (Å²) >= 11 is 0. The summed E-state index contributed by atoms with van der Waals surface area (Å²) in [5.41, 5.74) is 3.91. The Labute approximate surface area is 211 Å². The van der Waals surface area contributed by atoms with Gasteiger partial charge in [-0.05, 0) is 49.4 Å². The molecule has 188 valence electrons. The summed E-state index contributed by atoms with van der Waals surface area (Å²) < 4.78 is 16.2. The van der Waals surface area contributed by atoms with Gasteiger partial charge in [0.2, 0.25) is 0 Å². The lowest BCUT2D eigenvalue weighted by atomic mass is 9.68. The molecule has 7 heteroatoms. The van der Waals surface area contributed by atoms with Gasteiger partial charge in [-0.3, -0.25) is 9.59 Å².